The minimum atomic E-state index is -4.21. The predicted octanol–water partition coefficient (Wildman–Crippen LogP) is 1.79. The fourth-order valence-electron chi connectivity index (χ4n) is 1.18. The number of alkyl halides is 3. The van der Waals surface area contributed by atoms with E-state index in [1.807, 2.05) is 0 Å². The molecule has 0 fully saturated rings. The van der Waals surface area contributed by atoms with Gasteiger partial charge in [-0.2, -0.15) is 13.2 Å². The molecule has 0 amide bonds. The van der Waals surface area contributed by atoms with Crippen LogP contribution in [0.2, 0.25) is 0 Å². The lowest BCUT2D eigenvalue weighted by atomic mass is 10.2. The van der Waals surface area contributed by atoms with Crippen molar-refractivity contribution >= 4 is 0 Å². The molecular formula is C11H23F3N2O. The zero-order chi connectivity index (χ0) is 13.1. The molecule has 0 aromatic heterocycles. The van der Waals surface area contributed by atoms with E-state index in [-0.39, 0.29) is 6.61 Å². The normalized spacial score (nSPS) is 12.4. The van der Waals surface area contributed by atoms with Crippen molar-refractivity contribution in [2.45, 2.75) is 26.4 Å². The van der Waals surface area contributed by atoms with Gasteiger partial charge in [0.25, 0.3) is 0 Å². The molecule has 3 nitrogen and oxygen atoms in total. The highest BCUT2D eigenvalue weighted by molar-refractivity contribution is 4.54. The van der Waals surface area contributed by atoms with Gasteiger partial charge in [0, 0.05) is 19.7 Å². The Morgan fingerprint density at radius 3 is 2.29 bits per heavy atom. The average molecular weight is 256 g/mol. The molecule has 0 aromatic carbocycles. The number of ether oxygens (including phenoxy) is 1. The topological polar surface area (TPSA) is 33.3 Å². The van der Waals surface area contributed by atoms with E-state index in [4.69, 9.17) is 0 Å². The molecule has 0 unspecified atom stereocenters. The second-order valence-electron chi connectivity index (χ2n) is 4.37. The van der Waals surface area contributed by atoms with Crippen LogP contribution in [0.4, 0.5) is 13.2 Å². The van der Waals surface area contributed by atoms with Crippen LogP contribution in [0, 0.1) is 5.92 Å². The Balaban J connectivity index is 3.04. The maximum Gasteiger partial charge on any atom is 0.411 e. The van der Waals surface area contributed by atoms with E-state index in [2.05, 4.69) is 29.2 Å². The molecular weight excluding hydrogens is 233 g/mol. The first-order valence-corrected chi connectivity index (χ1v) is 5.98. The first kappa shape index (κ1) is 16.7. The molecule has 6 heteroatoms. The second kappa shape index (κ2) is 9.67. The van der Waals surface area contributed by atoms with Crippen molar-refractivity contribution in [2.24, 2.45) is 5.92 Å². The number of hydrogen-bond donors (Lipinski definition) is 2. The smallest absolute Gasteiger partial charge is 0.372 e. The summed E-state index contributed by atoms with van der Waals surface area (Å²) in [6, 6.07) is 0. The molecule has 0 aliphatic heterocycles. The Morgan fingerprint density at radius 1 is 1.06 bits per heavy atom. The summed E-state index contributed by atoms with van der Waals surface area (Å²) < 4.78 is 39.5. The van der Waals surface area contributed by atoms with E-state index in [1.165, 1.54) is 0 Å². The molecule has 2 N–H and O–H groups in total. The van der Waals surface area contributed by atoms with Gasteiger partial charge in [0.05, 0.1) is 0 Å². The highest BCUT2D eigenvalue weighted by Gasteiger charge is 2.26. The SMILES string of the molecule is CC(C)CNCCNCCCOCC(F)(F)F. The molecule has 0 aromatic rings. The number of hydrogen-bond acceptors (Lipinski definition) is 3. The first-order chi connectivity index (χ1) is 7.92. The molecule has 0 aliphatic rings. The second-order valence-corrected chi connectivity index (χ2v) is 4.37. The molecule has 0 saturated carbocycles. The quantitative estimate of drug-likeness (QED) is 0.585. The van der Waals surface area contributed by atoms with E-state index in [0.717, 1.165) is 19.6 Å². The van der Waals surface area contributed by atoms with E-state index in [9.17, 15) is 13.2 Å². The van der Waals surface area contributed by atoms with Gasteiger partial charge in [0.15, 0.2) is 0 Å². The Kier molecular flexibility index (Phi) is 9.49. The van der Waals surface area contributed by atoms with Gasteiger partial charge in [-0.15, -0.1) is 0 Å². The zero-order valence-electron chi connectivity index (χ0n) is 10.6. The van der Waals surface area contributed by atoms with E-state index in [1.54, 1.807) is 0 Å². The maximum atomic E-state index is 11.7. The molecule has 0 radical (unpaired) electrons. The summed E-state index contributed by atoms with van der Waals surface area (Å²) in [6.07, 6.45) is -3.62. The Labute approximate surface area is 101 Å². The molecule has 17 heavy (non-hydrogen) atoms. The van der Waals surface area contributed by atoms with Gasteiger partial charge < -0.3 is 15.4 Å². The Morgan fingerprint density at radius 2 is 1.71 bits per heavy atom. The summed E-state index contributed by atoms with van der Waals surface area (Å²) in [4.78, 5) is 0. The Bertz CT molecular complexity index is 175. The fourth-order valence-corrected chi connectivity index (χ4v) is 1.18. The van der Waals surface area contributed by atoms with Crippen LogP contribution < -0.4 is 10.6 Å². The number of rotatable bonds is 10. The van der Waals surface area contributed by atoms with E-state index in [0.29, 0.717) is 18.9 Å². The van der Waals surface area contributed by atoms with Gasteiger partial charge in [-0.1, -0.05) is 13.8 Å². The number of halogens is 3. The molecule has 0 atom stereocenters. The average Bonchev–Trinajstić information content (AvgIpc) is 2.18. The minimum Gasteiger partial charge on any atom is -0.372 e. The van der Waals surface area contributed by atoms with Gasteiger partial charge in [-0.25, -0.2) is 0 Å². The van der Waals surface area contributed by atoms with Crippen molar-refractivity contribution in [3.63, 3.8) is 0 Å². The summed E-state index contributed by atoms with van der Waals surface area (Å²) in [5.74, 6) is 0.630. The molecule has 0 rings (SSSR count). The van der Waals surface area contributed by atoms with Gasteiger partial charge >= 0.3 is 6.18 Å². The largest absolute Gasteiger partial charge is 0.411 e. The fraction of sp³-hybridized carbons (Fsp3) is 1.00. The molecule has 0 aliphatic carbocycles. The summed E-state index contributed by atoms with van der Waals surface area (Å²) >= 11 is 0. The van der Waals surface area contributed by atoms with Crippen LogP contribution in [-0.2, 0) is 4.74 Å². The molecule has 0 bridgehead atoms. The summed E-state index contributed by atoms with van der Waals surface area (Å²) in [5.41, 5.74) is 0. The lowest BCUT2D eigenvalue weighted by Crippen LogP contribution is -2.30. The van der Waals surface area contributed by atoms with E-state index >= 15 is 0 Å². The van der Waals surface area contributed by atoms with E-state index < -0.39 is 12.8 Å². The van der Waals surface area contributed by atoms with Crippen LogP contribution in [0.5, 0.6) is 0 Å². The van der Waals surface area contributed by atoms with Crippen molar-refractivity contribution in [1.29, 1.82) is 0 Å². The van der Waals surface area contributed by atoms with Crippen molar-refractivity contribution in [1.82, 2.24) is 10.6 Å². The third-order valence-electron chi connectivity index (χ3n) is 1.94. The lowest BCUT2D eigenvalue weighted by molar-refractivity contribution is -0.173. The summed E-state index contributed by atoms with van der Waals surface area (Å²) in [6.45, 7) is 6.64. The molecule has 104 valence electrons. The molecule has 0 heterocycles. The molecule has 0 spiro atoms. The lowest BCUT2D eigenvalue weighted by Gasteiger charge is -2.09. The van der Waals surface area contributed by atoms with Crippen LogP contribution in [0.15, 0.2) is 0 Å². The third kappa shape index (κ3) is 15.7. The van der Waals surface area contributed by atoms with Crippen molar-refractivity contribution < 1.29 is 17.9 Å². The van der Waals surface area contributed by atoms with Crippen LogP contribution in [0.1, 0.15) is 20.3 Å². The predicted molar refractivity (Wildman–Crippen MR) is 62.1 cm³/mol. The maximum absolute atomic E-state index is 11.7. The Hall–Kier alpha value is -0.330. The van der Waals surface area contributed by atoms with Crippen LogP contribution >= 0.6 is 0 Å². The summed E-state index contributed by atoms with van der Waals surface area (Å²) in [7, 11) is 0. The summed E-state index contributed by atoms with van der Waals surface area (Å²) in [5, 5.41) is 6.40. The van der Waals surface area contributed by atoms with Crippen molar-refractivity contribution in [3.8, 4) is 0 Å². The third-order valence-corrected chi connectivity index (χ3v) is 1.94. The van der Waals surface area contributed by atoms with Gasteiger partial charge in [-0.05, 0) is 25.4 Å². The van der Waals surface area contributed by atoms with Crippen LogP contribution in [-0.4, -0.2) is 45.6 Å². The number of nitrogens with one attached hydrogen (secondary N) is 2. The monoisotopic (exact) mass is 256 g/mol. The van der Waals surface area contributed by atoms with Crippen LogP contribution in [0.3, 0.4) is 0 Å². The van der Waals surface area contributed by atoms with Crippen LogP contribution in [0.25, 0.3) is 0 Å². The standard InChI is InChI=1S/C11H23F3N2O/c1-10(2)8-16-6-5-15-4-3-7-17-9-11(12,13)14/h10,15-16H,3-9H2,1-2H3. The van der Waals surface area contributed by atoms with Crippen molar-refractivity contribution in [3.05, 3.63) is 0 Å². The highest BCUT2D eigenvalue weighted by Crippen LogP contribution is 2.14. The first-order valence-electron chi connectivity index (χ1n) is 5.98. The van der Waals surface area contributed by atoms with Gasteiger partial charge in [0.1, 0.15) is 6.61 Å². The van der Waals surface area contributed by atoms with Gasteiger partial charge in [0.2, 0.25) is 0 Å². The minimum absolute atomic E-state index is 0.145. The van der Waals surface area contributed by atoms with Gasteiger partial charge in [-0.3, -0.25) is 0 Å². The zero-order valence-corrected chi connectivity index (χ0v) is 10.6. The molecule has 0 saturated heterocycles. The highest BCUT2D eigenvalue weighted by atomic mass is 19.4. The van der Waals surface area contributed by atoms with Crippen molar-refractivity contribution in [2.75, 3.05) is 39.4 Å².